The minimum Gasteiger partial charge on any atom is -0.335 e. The third-order valence-corrected chi connectivity index (χ3v) is 19.2. The lowest BCUT2D eigenvalue weighted by atomic mass is 9.33. The molecule has 0 aromatic heterocycles. The molecule has 3 nitrogen and oxygen atoms in total. The molecule has 0 N–H and O–H groups in total. The Morgan fingerprint density at radius 1 is 0.457 bits per heavy atom. The van der Waals surface area contributed by atoms with Crippen LogP contribution in [0.25, 0.3) is 22.3 Å². The molecule has 0 saturated heterocycles. The molecule has 4 atom stereocenters. The summed E-state index contributed by atoms with van der Waals surface area (Å²) in [4.78, 5) is 8.38. The van der Waals surface area contributed by atoms with Gasteiger partial charge in [0.05, 0.1) is 11.1 Å². The Hall–Kier alpha value is -6.78. The number of benzene rings is 8. The Labute approximate surface area is 415 Å². The Balaban J connectivity index is 1.11. The van der Waals surface area contributed by atoms with Gasteiger partial charge in [-0.25, -0.2) is 0 Å². The fourth-order valence-corrected chi connectivity index (χ4v) is 15.1. The number of anilines is 7. The van der Waals surface area contributed by atoms with Gasteiger partial charge in [-0.1, -0.05) is 187 Å². The van der Waals surface area contributed by atoms with E-state index in [4.69, 9.17) is 0 Å². The lowest BCUT2D eigenvalue weighted by Gasteiger charge is -2.54. The molecule has 0 bridgehead atoms. The van der Waals surface area contributed by atoms with Crippen molar-refractivity contribution in [2.45, 2.75) is 114 Å². The predicted octanol–water partition coefficient (Wildman–Crippen LogP) is 14.9. The van der Waals surface area contributed by atoms with Crippen LogP contribution >= 0.6 is 0 Å². The monoisotopic (exact) mass is 908 g/mol. The van der Waals surface area contributed by atoms with E-state index in [1.54, 1.807) is 5.56 Å². The zero-order chi connectivity index (χ0) is 47.5. The molecule has 344 valence electrons. The van der Waals surface area contributed by atoms with Crippen molar-refractivity contribution in [1.29, 1.82) is 0 Å². The first-order valence-corrected chi connectivity index (χ1v) is 26.1. The van der Waals surface area contributed by atoms with Gasteiger partial charge in [-0.2, -0.15) is 0 Å². The minimum absolute atomic E-state index is 0.0230. The molecule has 0 spiro atoms. The highest BCUT2D eigenvalue weighted by Gasteiger charge is 2.63. The Kier molecular flexibility index (Phi) is 8.67. The number of para-hydroxylation sites is 1. The van der Waals surface area contributed by atoms with Gasteiger partial charge in [0, 0.05) is 50.6 Å². The van der Waals surface area contributed by atoms with Crippen molar-refractivity contribution in [2.24, 2.45) is 0 Å². The van der Waals surface area contributed by atoms with E-state index >= 15 is 0 Å². The number of aryl methyl sites for hydroxylation is 1. The first-order chi connectivity index (χ1) is 33.8. The lowest BCUT2D eigenvalue weighted by Crippen LogP contribution is -2.64. The maximum Gasteiger partial charge on any atom is 0.252 e. The van der Waals surface area contributed by atoms with Gasteiger partial charge >= 0.3 is 0 Å². The second kappa shape index (κ2) is 14.4. The molecule has 4 unspecified atom stereocenters. The number of hydrogen-bond donors (Lipinski definition) is 0. The van der Waals surface area contributed by atoms with Gasteiger partial charge in [0.2, 0.25) is 0 Å². The summed E-state index contributed by atoms with van der Waals surface area (Å²) in [7, 11) is 0. The van der Waals surface area contributed by atoms with Crippen LogP contribution in [-0.2, 0) is 28.2 Å². The summed E-state index contributed by atoms with van der Waals surface area (Å²) in [5.74, 6) is 0. The maximum atomic E-state index is 2.93. The normalized spacial score (nSPS) is 24.3. The fraction of sp³-hybridized carbons (Fsp3) is 0.273. The molecule has 4 heterocycles. The van der Waals surface area contributed by atoms with Crippen LogP contribution in [-0.4, -0.2) is 12.3 Å². The van der Waals surface area contributed by atoms with Crippen molar-refractivity contribution in [1.82, 2.24) is 0 Å². The van der Waals surface area contributed by atoms with Crippen LogP contribution in [0.2, 0.25) is 0 Å². The van der Waals surface area contributed by atoms with Gasteiger partial charge in [-0.15, -0.1) is 0 Å². The summed E-state index contributed by atoms with van der Waals surface area (Å²) in [5, 5.41) is 0. The van der Waals surface area contributed by atoms with Crippen molar-refractivity contribution >= 4 is 62.9 Å². The summed E-state index contributed by atoms with van der Waals surface area (Å²) in [5.41, 5.74) is 25.2. The summed E-state index contributed by atoms with van der Waals surface area (Å²) in [6.07, 6.45) is 7.01. The molecular formula is C66H62BN3. The predicted molar refractivity (Wildman–Crippen MR) is 296 cm³/mol. The number of fused-ring (bicyclic) bond motifs is 12. The number of nitrogens with zero attached hydrogens (tertiary/aromatic N) is 3. The lowest BCUT2D eigenvalue weighted by molar-refractivity contribution is 0.195. The molecule has 4 aliphatic heterocycles. The van der Waals surface area contributed by atoms with Gasteiger partial charge in [-0.05, 0) is 148 Å². The van der Waals surface area contributed by atoms with E-state index in [1.807, 2.05) is 0 Å². The highest BCUT2D eigenvalue weighted by Crippen LogP contribution is 2.66. The minimum atomic E-state index is -0.335. The SMILES string of the molecule is CC(C)(C)c1cc2c3c(c1)C1(C)CCCCC1(C)N3c1cc(N3c4ccccc4C4(C)CCc5ccccc5C34C)cc3c1B2c1cc(-c2ccccc2)ccc1N3c1ccc(-c2ccccc2)cc1. The van der Waals surface area contributed by atoms with Crippen LogP contribution in [0.5, 0.6) is 0 Å². The zero-order valence-electron chi connectivity index (χ0n) is 41.9. The maximum absolute atomic E-state index is 2.93. The highest BCUT2D eigenvalue weighted by molar-refractivity contribution is 7.00. The van der Waals surface area contributed by atoms with Crippen molar-refractivity contribution in [2.75, 3.05) is 14.7 Å². The zero-order valence-corrected chi connectivity index (χ0v) is 41.9. The van der Waals surface area contributed by atoms with Gasteiger partial charge in [-0.3, -0.25) is 0 Å². The second-order valence-corrected chi connectivity index (χ2v) is 23.5. The van der Waals surface area contributed by atoms with Crippen LogP contribution < -0.4 is 31.1 Å². The average Bonchev–Trinajstić information content (AvgIpc) is 3.74. The third kappa shape index (κ3) is 5.38. The van der Waals surface area contributed by atoms with Crippen LogP contribution in [0.15, 0.2) is 176 Å². The summed E-state index contributed by atoms with van der Waals surface area (Å²) in [6, 6.07) is 68.0. The number of hydrogen-bond acceptors (Lipinski definition) is 3. The molecule has 0 amide bonds. The van der Waals surface area contributed by atoms with Gasteiger partial charge in [0.15, 0.2) is 0 Å². The van der Waals surface area contributed by atoms with Gasteiger partial charge in [0.25, 0.3) is 6.71 Å². The Bertz CT molecular complexity index is 3460. The van der Waals surface area contributed by atoms with E-state index in [0.717, 1.165) is 19.3 Å². The van der Waals surface area contributed by atoms with Crippen molar-refractivity contribution in [3.05, 3.63) is 204 Å². The molecule has 14 rings (SSSR count). The second-order valence-electron chi connectivity index (χ2n) is 23.5. The van der Waals surface area contributed by atoms with Crippen LogP contribution in [0.3, 0.4) is 0 Å². The summed E-state index contributed by atoms with van der Waals surface area (Å²) < 4.78 is 0. The molecular weight excluding hydrogens is 846 g/mol. The van der Waals surface area contributed by atoms with Crippen LogP contribution in [0, 0.1) is 0 Å². The topological polar surface area (TPSA) is 9.72 Å². The Morgan fingerprint density at radius 2 is 1.09 bits per heavy atom. The first kappa shape index (κ1) is 42.1. The molecule has 1 fully saturated rings. The molecule has 1 saturated carbocycles. The van der Waals surface area contributed by atoms with Crippen molar-refractivity contribution in [3.63, 3.8) is 0 Å². The van der Waals surface area contributed by atoms with E-state index < -0.39 is 0 Å². The fourth-order valence-electron chi connectivity index (χ4n) is 15.1. The molecule has 4 heteroatoms. The van der Waals surface area contributed by atoms with E-state index in [-0.39, 0.29) is 34.0 Å². The summed E-state index contributed by atoms with van der Waals surface area (Å²) >= 11 is 0. The Morgan fingerprint density at radius 3 is 1.83 bits per heavy atom. The average molecular weight is 908 g/mol. The highest BCUT2D eigenvalue weighted by atomic mass is 15.3. The molecule has 2 aliphatic carbocycles. The van der Waals surface area contributed by atoms with E-state index in [2.05, 4.69) is 239 Å². The first-order valence-electron chi connectivity index (χ1n) is 26.1. The van der Waals surface area contributed by atoms with Crippen LogP contribution in [0.4, 0.5) is 39.8 Å². The van der Waals surface area contributed by atoms with E-state index in [0.29, 0.717) is 0 Å². The molecule has 70 heavy (non-hydrogen) atoms. The molecule has 6 aliphatic rings. The van der Waals surface area contributed by atoms with Crippen molar-refractivity contribution < 1.29 is 0 Å². The van der Waals surface area contributed by atoms with Gasteiger partial charge < -0.3 is 14.7 Å². The third-order valence-electron chi connectivity index (χ3n) is 19.2. The number of rotatable bonds is 4. The van der Waals surface area contributed by atoms with E-state index in [1.165, 1.54) is 120 Å². The quantitative estimate of drug-likeness (QED) is 0.163. The smallest absolute Gasteiger partial charge is 0.252 e. The molecule has 0 radical (unpaired) electrons. The van der Waals surface area contributed by atoms with Crippen molar-refractivity contribution in [3.8, 4) is 22.3 Å². The largest absolute Gasteiger partial charge is 0.335 e. The summed E-state index contributed by atoms with van der Waals surface area (Å²) in [6.45, 7) is 17.7. The van der Waals surface area contributed by atoms with Gasteiger partial charge in [0.1, 0.15) is 0 Å². The molecule has 8 aromatic rings. The van der Waals surface area contributed by atoms with Crippen LogP contribution in [0.1, 0.15) is 108 Å². The molecule has 8 aromatic carbocycles. The van der Waals surface area contributed by atoms with E-state index in [9.17, 15) is 0 Å². The standard InChI is InChI=1S/C66H62BN3/c1-62(2,3)48-39-53-61-55(40-48)67-54-38-47(44-22-12-9-13-23-44)30-33-57(54)68(49-31-28-45(29-32-49)43-20-10-8-11-21-43)58-41-50(42-59(60(58)67)70(61)65(6)36-19-18-35-63(53,65)4)69-56-27-17-16-26-52(56)64(5)37-34-46-24-14-15-25-51(46)66(64,69)7/h8-17,20-33,38-42H,18-19,34-37H2,1-7H3.